The highest BCUT2D eigenvalue weighted by Crippen LogP contribution is 2.35. The molecule has 1 aromatic carbocycles. The van der Waals surface area contributed by atoms with Crippen LogP contribution in [0.2, 0.25) is 0 Å². The molecular formula is C11H9N5O4. The number of carbonyl (C=O) groups excluding carboxylic acids is 1. The molecule has 1 aliphatic rings. The van der Waals surface area contributed by atoms with Crippen molar-refractivity contribution in [3.8, 4) is 5.75 Å². The molecule has 3 rings (SSSR count). The minimum Gasteiger partial charge on any atom is -0.489 e. The predicted octanol–water partition coefficient (Wildman–Crippen LogP) is -0.0629. The van der Waals surface area contributed by atoms with Gasteiger partial charge in [-0.1, -0.05) is 6.07 Å². The standard InChI is InChI=1S/C11H9N5O4/c17-10(9-12-14-15-13-9)16-4-5-20-8-6(11(18)19)2-1-3-7(8)16/h1-3H,4-5H2,(H,18,19)(H,12,13,14,15). The van der Waals surface area contributed by atoms with Crippen LogP contribution in [-0.2, 0) is 0 Å². The SMILES string of the molecule is O=C(O)c1cccc2c1OCCN2C(=O)c1nn[nH]n1. The number of fused-ring (bicyclic) bond motifs is 1. The van der Waals surface area contributed by atoms with E-state index in [4.69, 9.17) is 9.84 Å². The number of H-pyrrole nitrogens is 1. The maximum Gasteiger partial charge on any atom is 0.339 e. The zero-order valence-electron chi connectivity index (χ0n) is 10.1. The molecule has 2 aromatic rings. The number of rotatable bonds is 2. The van der Waals surface area contributed by atoms with Crippen LogP contribution in [0.15, 0.2) is 18.2 Å². The third kappa shape index (κ3) is 1.85. The number of carbonyl (C=O) groups is 2. The molecule has 9 heteroatoms. The van der Waals surface area contributed by atoms with E-state index in [9.17, 15) is 9.59 Å². The molecule has 0 radical (unpaired) electrons. The highest BCUT2D eigenvalue weighted by Gasteiger charge is 2.29. The van der Waals surface area contributed by atoms with Gasteiger partial charge in [0.1, 0.15) is 12.2 Å². The van der Waals surface area contributed by atoms with Gasteiger partial charge in [-0.2, -0.15) is 5.21 Å². The zero-order valence-corrected chi connectivity index (χ0v) is 10.1. The van der Waals surface area contributed by atoms with Crippen molar-refractivity contribution in [3.05, 3.63) is 29.6 Å². The summed E-state index contributed by atoms with van der Waals surface area (Å²) in [6, 6.07) is 4.58. The smallest absolute Gasteiger partial charge is 0.339 e. The molecule has 102 valence electrons. The normalized spacial score (nSPS) is 13.5. The molecule has 0 atom stereocenters. The molecule has 0 saturated heterocycles. The molecule has 0 unspecified atom stereocenters. The first-order chi connectivity index (χ1) is 9.68. The van der Waals surface area contributed by atoms with Gasteiger partial charge < -0.3 is 9.84 Å². The molecule has 2 N–H and O–H groups in total. The van der Waals surface area contributed by atoms with Gasteiger partial charge >= 0.3 is 5.97 Å². The number of aromatic nitrogens is 4. The third-order valence-corrected chi connectivity index (χ3v) is 2.86. The summed E-state index contributed by atoms with van der Waals surface area (Å²) in [6.07, 6.45) is 0. The van der Waals surface area contributed by atoms with E-state index >= 15 is 0 Å². The number of hydrogen-bond donors (Lipinski definition) is 2. The van der Waals surface area contributed by atoms with Crippen molar-refractivity contribution < 1.29 is 19.4 Å². The van der Waals surface area contributed by atoms with Crippen molar-refractivity contribution in [2.45, 2.75) is 0 Å². The van der Waals surface area contributed by atoms with Gasteiger partial charge in [0.15, 0.2) is 5.75 Å². The summed E-state index contributed by atoms with van der Waals surface area (Å²) in [6.45, 7) is 0.477. The van der Waals surface area contributed by atoms with Crippen LogP contribution < -0.4 is 9.64 Å². The van der Waals surface area contributed by atoms with Gasteiger partial charge in [0.25, 0.3) is 11.7 Å². The van der Waals surface area contributed by atoms with Crippen molar-refractivity contribution in [1.29, 1.82) is 0 Å². The molecular weight excluding hydrogens is 266 g/mol. The Hall–Kier alpha value is -2.97. The number of tetrazole rings is 1. The van der Waals surface area contributed by atoms with Crippen molar-refractivity contribution in [2.75, 3.05) is 18.1 Å². The Kier molecular flexibility index (Phi) is 2.78. The summed E-state index contributed by atoms with van der Waals surface area (Å²) in [5.41, 5.74) is 0.388. The second-order valence-electron chi connectivity index (χ2n) is 4.00. The van der Waals surface area contributed by atoms with Gasteiger partial charge in [0, 0.05) is 0 Å². The van der Waals surface area contributed by atoms with Gasteiger partial charge in [0.2, 0.25) is 0 Å². The summed E-state index contributed by atoms with van der Waals surface area (Å²) in [5.74, 6) is -1.50. The molecule has 1 aromatic heterocycles. The minimum absolute atomic E-state index is 0.00751. The Morgan fingerprint density at radius 1 is 1.40 bits per heavy atom. The van der Waals surface area contributed by atoms with Crippen LogP contribution >= 0.6 is 0 Å². The van der Waals surface area contributed by atoms with E-state index in [1.807, 2.05) is 0 Å². The highest BCUT2D eigenvalue weighted by molar-refractivity contribution is 6.06. The van der Waals surface area contributed by atoms with E-state index < -0.39 is 11.9 Å². The van der Waals surface area contributed by atoms with Gasteiger partial charge in [0.05, 0.1) is 12.2 Å². The first-order valence-corrected chi connectivity index (χ1v) is 5.73. The summed E-state index contributed by atoms with van der Waals surface area (Å²) in [7, 11) is 0. The van der Waals surface area contributed by atoms with E-state index in [2.05, 4.69) is 20.6 Å². The van der Waals surface area contributed by atoms with Gasteiger partial charge in [-0.05, 0) is 17.3 Å². The maximum atomic E-state index is 12.2. The van der Waals surface area contributed by atoms with E-state index in [0.29, 0.717) is 5.69 Å². The van der Waals surface area contributed by atoms with E-state index in [0.717, 1.165) is 0 Å². The molecule has 0 spiro atoms. The average molecular weight is 275 g/mol. The lowest BCUT2D eigenvalue weighted by atomic mass is 10.1. The first kappa shape index (κ1) is 12.1. The Morgan fingerprint density at radius 3 is 2.95 bits per heavy atom. The number of carboxylic acid groups (broad SMARTS) is 1. The number of carboxylic acids is 1. The topological polar surface area (TPSA) is 121 Å². The van der Waals surface area contributed by atoms with E-state index in [1.54, 1.807) is 12.1 Å². The number of nitrogens with zero attached hydrogens (tertiary/aromatic N) is 4. The minimum atomic E-state index is -1.12. The molecule has 20 heavy (non-hydrogen) atoms. The van der Waals surface area contributed by atoms with Gasteiger partial charge in [-0.25, -0.2) is 4.79 Å². The lowest BCUT2D eigenvalue weighted by Gasteiger charge is -2.29. The lowest BCUT2D eigenvalue weighted by Crippen LogP contribution is -2.39. The fraction of sp³-hybridized carbons (Fsp3) is 0.182. The van der Waals surface area contributed by atoms with Crippen molar-refractivity contribution in [3.63, 3.8) is 0 Å². The Bertz CT molecular complexity index is 669. The number of hydrogen-bond acceptors (Lipinski definition) is 6. The molecule has 9 nitrogen and oxygen atoms in total. The third-order valence-electron chi connectivity index (χ3n) is 2.86. The number of anilines is 1. The van der Waals surface area contributed by atoms with E-state index in [1.165, 1.54) is 11.0 Å². The predicted molar refractivity (Wildman–Crippen MR) is 64.8 cm³/mol. The largest absolute Gasteiger partial charge is 0.489 e. The molecule has 1 amide bonds. The number of benzene rings is 1. The Morgan fingerprint density at radius 2 is 2.25 bits per heavy atom. The van der Waals surface area contributed by atoms with Crippen LogP contribution in [0.25, 0.3) is 0 Å². The quantitative estimate of drug-likeness (QED) is 0.787. The highest BCUT2D eigenvalue weighted by atomic mass is 16.5. The number of nitrogens with one attached hydrogen (secondary N) is 1. The summed E-state index contributed by atoms with van der Waals surface area (Å²) < 4.78 is 5.37. The fourth-order valence-corrected chi connectivity index (χ4v) is 2.00. The molecule has 2 heterocycles. The molecule has 0 bridgehead atoms. The maximum absolute atomic E-state index is 12.2. The van der Waals surface area contributed by atoms with Crippen LogP contribution in [-0.4, -0.2) is 50.8 Å². The number of amides is 1. The lowest BCUT2D eigenvalue weighted by molar-refractivity contribution is 0.0690. The summed E-state index contributed by atoms with van der Waals surface area (Å²) in [5, 5.41) is 21.9. The zero-order chi connectivity index (χ0) is 14.1. The molecule has 0 fully saturated rings. The number of para-hydroxylation sites is 1. The van der Waals surface area contributed by atoms with Crippen molar-refractivity contribution in [1.82, 2.24) is 20.6 Å². The van der Waals surface area contributed by atoms with Crippen LogP contribution in [0.1, 0.15) is 21.0 Å². The summed E-state index contributed by atoms with van der Waals surface area (Å²) >= 11 is 0. The molecule has 1 aliphatic heterocycles. The number of ether oxygens (including phenoxy) is 1. The second-order valence-corrected chi connectivity index (χ2v) is 4.00. The first-order valence-electron chi connectivity index (χ1n) is 5.73. The number of aromatic amines is 1. The fourth-order valence-electron chi connectivity index (χ4n) is 2.00. The van der Waals surface area contributed by atoms with Crippen LogP contribution in [0.4, 0.5) is 5.69 Å². The van der Waals surface area contributed by atoms with Crippen LogP contribution in [0.3, 0.4) is 0 Å². The van der Waals surface area contributed by atoms with Crippen molar-refractivity contribution >= 4 is 17.6 Å². The Balaban J connectivity index is 2.05. The molecule has 0 saturated carbocycles. The summed E-state index contributed by atoms with van der Waals surface area (Å²) in [4.78, 5) is 24.8. The monoisotopic (exact) mass is 275 g/mol. The van der Waals surface area contributed by atoms with Gasteiger partial charge in [-0.3, -0.25) is 9.69 Å². The van der Waals surface area contributed by atoms with Crippen LogP contribution in [0.5, 0.6) is 5.75 Å². The second kappa shape index (κ2) is 4.61. The van der Waals surface area contributed by atoms with E-state index in [-0.39, 0.29) is 30.3 Å². The molecule has 0 aliphatic carbocycles. The van der Waals surface area contributed by atoms with Gasteiger partial charge in [-0.15, -0.1) is 10.2 Å². The average Bonchev–Trinajstić information content (AvgIpc) is 2.99. The van der Waals surface area contributed by atoms with Crippen molar-refractivity contribution in [2.24, 2.45) is 0 Å². The number of aromatic carboxylic acids is 1. The Labute approximate surface area is 112 Å². The van der Waals surface area contributed by atoms with Crippen LogP contribution in [0, 0.1) is 0 Å².